The first-order chi connectivity index (χ1) is 16.2. The van der Waals surface area contributed by atoms with Crippen molar-refractivity contribution in [2.75, 3.05) is 18.8 Å². The van der Waals surface area contributed by atoms with Gasteiger partial charge in [0.2, 0.25) is 10.0 Å². The van der Waals surface area contributed by atoms with Crippen LogP contribution in [0.5, 0.6) is 0 Å². The van der Waals surface area contributed by atoms with Crippen LogP contribution in [0.4, 0.5) is 0 Å². The molecule has 1 saturated carbocycles. The molecule has 1 saturated heterocycles. The Balaban J connectivity index is 1.71. The number of hydrogen-bond acceptors (Lipinski definition) is 5. The van der Waals surface area contributed by atoms with Crippen LogP contribution < -0.4 is 0 Å². The Morgan fingerprint density at radius 2 is 1.50 bits per heavy atom. The van der Waals surface area contributed by atoms with Crippen molar-refractivity contribution in [1.29, 1.82) is 0 Å². The Hall–Kier alpha value is -1.74. The summed E-state index contributed by atoms with van der Waals surface area (Å²) >= 11 is 0. The van der Waals surface area contributed by atoms with Crippen molar-refractivity contribution in [2.45, 2.75) is 80.3 Å². The summed E-state index contributed by atoms with van der Waals surface area (Å²) in [6.45, 7) is 5.06. The summed E-state index contributed by atoms with van der Waals surface area (Å²) in [6, 6.07) is 15.0. The summed E-state index contributed by atoms with van der Waals surface area (Å²) in [5.41, 5.74) is 1.01. The van der Waals surface area contributed by atoms with Crippen LogP contribution in [0, 0.1) is 6.92 Å². The van der Waals surface area contributed by atoms with Gasteiger partial charge >= 0.3 is 0 Å². The summed E-state index contributed by atoms with van der Waals surface area (Å²) in [4.78, 5) is 2.91. The summed E-state index contributed by atoms with van der Waals surface area (Å²) in [5.74, 6) is -0.0795. The van der Waals surface area contributed by atoms with E-state index in [1.54, 1.807) is 46.8 Å². The van der Waals surface area contributed by atoms with Crippen molar-refractivity contribution in [2.24, 2.45) is 0 Å². The third-order valence-electron chi connectivity index (χ3n) is 7.26. The molecule has 2 aliphatic rings. The van der Waals surface area contributed by atoms with Crippen molar-refractivity contribution >= 4 is 19.9 Å². The number of benzene rings is 2. The van der Waals surface area contributed by atoms with Crippen LogP contribution in [0.15, 0.2) is 64.4 Å². The highest BCUT2D eigenvalue weighted by Crippen LogP contribution is 2.37. The largest absolute Gasteiger partial charge is 0.293 e. The first-order valence-corrected chi connectivity index (χ1v) is 15.5. The lowest BCUT2D eigenvalue weighted by Crippen LogP contribution is -2.67. The maximum atomic E-state index is 13.8. The number of piperazine rings is 1. The molecule has 1 aliphatic heterocycles. The Kier molecular flexibility index (Phi) is 7.82. The molecule has 0 spiro atoms. The third-order valence-corrected chi connectivity index (χ3v) is 11.0. The van der Waals surface area contributed by atoms with E-state index in [0.717, 1.165) is 50.6 Å². The fourth-order valence-electron chi connectivity index (χ4n) is 5.47. The molecule has 6 nitrogen and oxygen atoms in total. The molecule has 2 aromatic rings. The number of unbranched alkanes of at least 4 members (excludes halogenated alkanes) is 1. The molecule has 2 fully saturated rings. The molecule has 1 unspecified atom stereocenters. The molecule has 4 rings (SSSR count). The fraction of sp³-hybridized carbons (Fsp3) is 0.538. The predicted octanol–water partition coefficient (Wildman–Crippen LogP) is 4.26. The average molecular weight is 505 g/mol. The van der Waals surface area contributed by atoms with Gasteiger partial charge in [-0.1, -0.05) is 62.1 Å². The molecule has 3 atom stereocenters. The zero-order valence-corrected chi connectivity index (χ0v) is 21.8. The van der Waals surface area contributed by atoms with Crippen LogP contribution in [0.1, 0.15) is 51.0 Å². The lowest BCUT2D eigenvalue weighted by Gasteiger charge is -2.53. The van der Waals surface area contributed by atoms with E-state index in [4.69, 9.17) is 0 Å². The van der Waals surface area contributed by atoms with Crippen molar-refractivity contribution in [3.8, 4) is 0 Å². The normalized spacial score (nSPS) is 24.6. The standard InChI is InChI=1S/C26H36N2O4S2/c1-3-4-18-27-22(20-33(29,30)23-10-6-5-7-11-23)19-28(26-13-9-8-12-25(26)27)34(31,32)24-16-14-21(2)15-17-24/h5-7,10-11,14-17,22,25-26H,3-4,8-9,12-13,18-20H2,1-2H3/t22-,25-,26?/m0/s1. The molecular weight excluding hydrogens is 468 g/mol. The van der Waals surface area contributed by atoms with Crippen molar-refractivity contribution < 1.29 is 16.8 Å². The second kappa shape index (κ2) is 10.5. The highest BCUT2D eigenvalue weighted by molar-refractivity contribution is 7.91. The Labute approximate surface area is 204 Å². The molecule has 2 aromatic carbocycles. The minimum absolute atomic E-state index is 0.0465. The van der Waals surface area contributed by atoms with E-state index in [1.165, 1.54) is 0 Å². The Morgan fingerprint density at radius 1 is 0.853 bits per heavy atom. The van der Waals surface area contributed by atoms with Gasteiger partial charge in [-0.2, -0.15) is 4.31 Å². The maximum Gasteiger partial charge on any atom is 0.243 e. The highest BCUT2D eigenvalue weighted by Gasteiger charge is 2.48. The van der Waals surface area contributed by atoms with Crippen LogP contribution in [0.25, 0.3) is 0 Å². The third kappa shape index (κ3) is 5.25. The quantitative estimate of drug-likeness (QED) is 0.537. The van der Waals surface area contributed by atoms with Gasteiger partial charge in [0.05, 0.1) is 15.5 Å². The van der Waals surface area contributed by atoms with E-state index < -0.39 is 19.9 Å². The van der Waals surface area contributed by atoms with Gasteiger partial charge in [-0.3, -0.25) is 4.90 Å². The molecule has 8 heteroatoms. The van der Waals surface area contributed by atoms with Crippen LogP contribution in [0.3, 0.4) is 0 Å². The van der Waals surface area contributed by atoms with Crippen molar-refractivity contribution in [3.63, 3.8) is 0 Å². The van der Waals surface area contributed by atoms with Crippen LogP contribution in [-0.4, -0.2) is 63.0 Å². The molecule has 1 aliphatic carbocycles. The summed E-state index contributed by atoms with van der Waals surface area (Å²) in [6.07, 6.45) is 5.73. The van der Waals surface area contributed by atoms with E-state index in [-0.39, 0.29) is 35.3 Å². The average Bonchev–Trinajstić information content (AvgIpc) is 2.83. The molecule has 0 aromatic heterocycles. The van der Waals surface area contributed by atoms with Gasteiger partial charge in [0.1, 0.15) is 0 Å². The molecule has 0 N–H and O–H groups in total. The van der Waals surface area contributed by atoms with Gasteiger partial charge in [-0.05, 0) is 57.0 Å². The minimum Gasteiger partial charge on any atom is -0.293 e. The van der Waals surface area contributed by atoms with E-state index in [2.05, 4.69) is 11.8 Å². The molecular formula is C26H36N2O4S2. The van der Waals surface area contributed by atoms with Crippen LogP contribution >= 0.6 is 0 Å². The maximum absolute atomic E-state index is 13.8. The number of hydrogen-bond donors (Lipinski definition) is 0. The number of fused-ring (bicyclic) bond motifs is 1. The topological polar surface area (TPSA) is 74.8 Å². The van der Waals surface area contributed by atoms with E-state index in [9.17, 15) is 16.8 Å². The first kappa shape index (κ1) is 25.4. The van der Waals surface area contributed by atoms with E-state index in [1.807, 2.05) is 19.1 Å². The smallest absolute Gasteiger partial charge is 0.243 e. The second-order valence-corrected chi connectivity index (χ2v) is 13.6. The van der Waals surface area contributed by atoms with Crippen LogP contribution in [-0.2, 0) is 19.9 Å². The SMILES string of the molecule is CCCCN1[C@H](CS(=O)(=O)c2ccccc2)CN(S(=O)(=O)c2ccc(C)cc2)C2CCCC[C@@H]21. The Bertz CT molecular complexity index is 1170. The monoisotopic (exact) mass is 504 g/mol. The molecule has 34 heavy (non-hydrogen) atoms. The number of aryl methyl sites for hydroxylation is 1. The lowest BCUT2D eigenvalue weighted by atomic mass is 9.86. The molecule has 0 amide bonds. The number of sulfonamides is 1. The number of rotatable bonds is 8. The zero-order valence-electron chi connectivity index (χ0n) is 20.1. The predicted molar refractivity (Wildman–Crippen MR) is 135 cm³/mol. The van der Waals surface area contributed by atoms with E-state index in [0.29, 0.717) is 4.90 Å². The van der Waals surface area contributed by atoms with E-state index >= 15 is 0 Å². The fourth-order valence-corrected chi connectivity index (χ4v) is 8.76. The number of sulfone groups is 1. The second-order valence-electron chi connectivity index (χ2n) is 9.65. The van der Waals surface area contributed by atoms with Crippen LogP contribution in [0.2, 0.25) is 0 Å². The molecule has 0 bridgehead atoms. The van der Waals surface area contributed by atoms with Gasteiger partial charge in [0, 0.05) is 24.7 Å². The summed E-state index contributed by atoms with van der Waals surface area (Å²) in [7, 11) is -7.29. The highest BCUT2D eigenvalue weighted by atomic mass is 32.2. The summed E-state index contributed by atoms with van der Waals surface area (Å²) in [5, 5.41) is 0. The van der Waals surface area contributed by atoms with Gasteiger partial charge in [0.25, 0.3) is 0 Å². The molecule has 186 valence electrons. The van der Waals surface area contributed by atoms with Gasteiger partial charge in [0.15, 0.2) is 9.84 Å². The summed E-state index contributed by atoms with van der Waals surface area (Å²) < 4.78 is 56.0. The van der Waals surface area contributed by atoms with Crippen molar-refractivity contribution in [3.05, 3.63) is 60.2 Å². The lowest BCUT2D eigenvalue weighted by molar-refractivity contribution is 0.00304. The first-order valence-electron chi connectivity index (χ1n) is 12.4. The minimum atomic E-state index is -3.73. The van der Waals surface area contributed by atoms with Gasteiger partial charge in [-0.15, -0.1) is 0 Å². The molecule has 0 radical (unpaired) electrons. The van der Waals surface area contributed by atoms with Crippen molar-refractivity contribution in [1.82, 2.24) is 9.21 Å². The van der Waals surface area contributed by atoms with Gasteiger partial charge in [-0.25, -0.2) is 16.8 Å². The zero-order chi connectivity index (χ0) is 24.3. The molecule has 1 heterocycles. The Morgan fingerprint density at radius 3 is 2.15 bits per heavy atom. The number of nitrogens with zero attached hydrogens (tertiary/aromatic N) is 2. The van der Waals surface area contributed by atoms with Gasteiger partial charge < -0.3 is 0 Å².